The molecule has 0 aliphatic rings. The number of carbonyl (C=O) groups is 1. The van der Waals surface area contributed by atoms with E-state index in [9.17, 15) is 18.4 Å². The van der Waals surface area contributed by atoms with Crippen LogP contribution in [0.2, 0.25) is 10.0 Å². The number of halogens is 4. The van der Waals surface area contributed by atoms with Crippen molar-refractivity contribution >= 4 is 34.8 Å². The monoisotopic (exact) mass is 408 g/mol. The molecule has 0 bridgehead atoms. The summed E-state index contributed by atoms with van der Waals surface area (Å²) in [6.07, 6.45) is 1.32. The van der Waals surface area contributed by atoms with Crippen LogP contribution in [0.25, 0.3) is 0 Å². The normalized spacial score (nSPS) is 10.7. The summed E-state index contributed by atoms with van der Waals surface area (Å²) in [4.78, 5) is 24.4. The summed E-state index contributed by atoms with van der Waals surface area (Å²) < 4.78 is 28.2. The van der Waals surface area contributed by atoms with E-state index in [4.69, 9.17) is 23.2 Å². The fraction of sp³-hybridized carbons (Fsp3) is 0.0526. The van der Waals surface area contributed by atoms with Gasteiger partial charge in [0.2, 0.25) is 0 Å². The predicted molar refractivity (Wildman–Crippen MR) is 101 cm³/mol. The van der Waals surface area contributed by atoms with Gasteiger partial charge in [-0.15, -0.1) is 0 Å². The van der Waals surface area contributed by atoms with E-state index in [0.29, 0.717) is 15.6 Å². The summed E-state index contributed by atoms with van der Waals surface area (Å²) in [7, 11) is 0. The predicted octanol–water partition coefficient (Wildman–Crippen LogP) is 4.73. The summed E-state index contributed by atoms with van der Waals surface area (Å²) in [6.45, 7) is 0.115. The maximum atomic E-state index is 13.7. The SMILES string of the molecule is O=C(Nc1cc(F)ccc1F)c1ccc(=O)n(Cc2ccc(Cl)cc2Cl)c1. The minimum atomic E-state index is -0.772. The van der Waals surface area contributed by atoms with E-state index in [1.807, 2.05) is 0 Å². The van der Waals surface area contributed by atoms with Gasteiger partial charge in [0.15, 0.2) is 0 Å². The number of benzene rings is 2. The molecule has 1 heterocycles. The highest BCUT2D eigenvalue weighted by Crippen LogP contribution is 2.21. The van der Waals surface area contributed by atoms with Crippen molar-refractivity contribution in [2.75, 3.05) is 5.32 Å². The third-order valence-electron chi connectivity index (χ3n) is 3.78. The van der Waals surface area contributed by atoms with Gasteiger partial charge < -0.3 is 9.88 Å². The highest BCUT2D eigenvalue weighted by atomic mass is 35.5. The second kappa shape index (κ2) is 7.90. The molecule has 8 heteroatoms. The summed E-state index contributed by atoms with van der Waals surface area (Å²) in [5.74, 6) is -2.14. The van der Waals surface area contributed by atoms with Crippen LogP contribution >= 0.6 is 23.2 Å². The number of hydrogen-bond acceptors (Lipinski definition) is 2. The lowest BCUT2D eigenvalue weighted by Crippen LogP contribution is -2.23. The Morgan fingerprint density at radius 1 is 1.04 bits per heavy atom. The fourth-order valence-electron chi connectivity index (χ4n) is 2.41. The summed E-state index contributed by atoms with van der Waals surface area (Å²) in [6, 6.07) is 10.1. The lowest BCUT2D eigenvalue weighted by molar-refractivity contribution is 0.102. The standard InChI is InChI=1S/C19H12Cl2F2N2O2/c20-13-3-1-11(15(21)7-13)9-25-10-12(2-6-18(25)26)19(27)24-17-8-14(22)4-5-16(17)23/h1-8,10H,9H2,(H,24,27). The zero-order chi connectivity index (χ0) is 19.6. The average Bonchev–Trinajstić information content (AvgIpc) is 2.62. The van der Waals surface area contributed by atoms with Gasteiger partial charge in [0.05, 0.1) is 17.8 Å². The van der Waals surface area contributed by atoms with Gasteiger partial charge in [0.25, 0.3) is 11.5 Å². The Bertz CT molecular complexity index is 1080. The zero-order valence-electron chi connectivity index (χ0n) is 13.7. The first kappa shape index (κ1) is 19.1. The molecule has 3 aromatic rings. The van der Waals surface area contributed by atoms with Crippen molar-refractivity contribution in [1.82, 2.24) is 4.57 Å². The number of hydrogen-bond donors (Lipinski definition) is 1. The molecule has 0 aliphatic carbocycles. The van der Waals surface area contributed by atoms with Gasteiger partial charge in [0, 0.05) is 28.4 Å². The average molecular weight is 409 g/mol. The largest absolute Gasteiger partial charge is 0.319 e. The summed E-state index contributed by atoms with van der Waals surface area (Å²) >= 11 is 12.0. The molecular formula is C19H12Cl2F2N2O2. The first-order valence-corrected chi connectivity index (χ1v) is 8.50. The van der Waals surface area contributed by atoms with Gasteiger partial charge in [-0.3, -0.25) is 9.59 Å². The maximum absolute atomic E-state index is 13.7. The van der Waals surface area contributed by atoms with Crippen LogP contribution in [0.5, 0.6) is 0 Å². The van der Waals surface area contributed by atoms with Crippen LogP contribution < -0.4 is 10.9 Å². The van der Waals surface area contributed by atoms with E-state index in [2.05, 4.69) is 5.32 Å². The third kappa shape index (κ3) is 4.53. The summed E-state index contributed by atoms with van der Waals surface area (Å²) in [5.41, 5.74) is 0.0910. The lowest BCUT2D eigenvalue weighted by atomic mass is 10.2. The number of pyridine rings is 1. The molecule has 0 unspecified atom stereocenters. The van der Waals surface area contributed by atoms with E-state index in [0.717, 1.165) is 18.2 Å². The van der Waals surface area contributed by atoms with Crippen LogP contribution in [0.1, 0.15) is 15.9 Å². The van der Waals surface area contributed by atoms with E-state index in [1.54, 1.807) is 18.2 Å². The lowest BCUT2D eigenvalue weighted by Gasteiger charge is -2.11. The number of amides is 1. The molecule has 0 spiro atoms. The first-order valence-electron chi connectivity index (χ1n) is 7.74. The highest BCUT2D eigenvalue weighted by molar-refractivity contribution is 6.35. The minimum Gasteiger partial charge on any atom is -0.319 e. The Morgan fingerprint density at radius 2 is 1.81 bits per heavy atom. The molecule has 2 aromatic carbocycles. The molecule has 0 saturated heterocycles. The van der Waals surface area contributed by atoms with Gasteiger partial charge >= 0.3 is 0 Å². The number of nitrogens with zero attached hydrogens (tertiary/aromatic N) is 1. The first-order chi connectivity index (χ1) is 12.8. The molecule has 0 atom stereocenters. The molecule has 1 amide bonds. The molecule has 1 N–H and O–H groups in total. The van der Waals surface area contributed by atoms with Crippen molar-refractivity contribution < 1.29 is 13.6 Å². The van der Waals surface area contributed by atoms with Crippen molar-refractivity contribution in [2.45, 2.75) is 6.54 Å². The molecule has 0 fully saturated rings. The minimum absolute atomic E-state index is 0.100. The van der Waals surface area contributed by atoms with Gasteiger partial charge in [-0.05, 0) is 35.9 Å². The van der Waals surface area contributed by atoms with Crippen LogP contribution in [-0.4, -0.2) is 10.5 Å². The van der Waals surface area contributed by atoms with E-state index >= 15 is 0 Å². The molecule has 4 nitrogen and oxygen atoms in total. The van der Waals surface area contributed by atoms with Crippen molar-refractivity contribution in [3.8, 4) is 0 Å². The van der Waals surface area contributed by atoms with Crippen LogP contribution in [0.3, 0.4) is 0 Å². The molecule has 27 heavy (non-hydrogen) atoms. The van der Waals surface area contributed by atoms with E-state index in [-0.39, 0.29) is 23.4 Å². The van der Waals surface area contributed by atoms with Gasteiger partial charge in [-0.25, -0.2) is 8.78 Å². The van der Waals surface area contributed by atoms with Crippen molar-refractivity contribution in [3.05, 3.63) is 97.9 Å². The molecule has 0 aliphatic heterocycles. The third-order valence-corrected chi connectivity index (χ3v) is 4.37. The van der Waals surface area contributed by atoms with Crippen LogP contribution in [-0.2, 0) is 6.54 Å². The molecule has 138 valence electrons. The fourth-order valence-corrected chi connectivity index (χ4v) is 2.88. The molecular weight excluding hydrogens is 397 g/mol. The van der Waals surface area contributed by atoms with E-state index in [1.165, 1.54) is 22.9 Å². The Balaban J connectivity index is 1.87. The smallest absolute Gasteiger partial charge is 0.257 e. The van der Waals surface area contributed by atoms with Crippen LogP contribution in [0.15, 0.2) is 59.5 Å². The Labute approximate surface area is 163 Å². The van der Waals surface area contributed by atoms with Gasteiger partial charge in [-0.1, -0.05) is 29.3 Å². The van der Waals surface area contributed by atoms with Gasteiger partial charge in [-0.2, -0.15) is 0 Å². The number of anilines is 1. The second-order valence-corrected chi connectivity index (χ2v) is 6.54. The second-order valence-electron chi connectivity index (χ2n) is 5.70. The van der Waals surface area contributed by atoms with Crippen molar-refractivity contribution in [2.24, 2.45) is 0 Å². The Kier molecular flexibility index (Phi) is 5.58. The van der Waals surface area contributed by atoms with E-state index < -0.39 is 17.5 Å². The Hall–Kier alpha value is -2.70. The topological polar surface area (TPSA) is 51.1 Å². The highest BCUT2D eigenvalue weighted by Gasteiger charge is 2.12. The summed E-state index contributed by atoms with van der Waals surface area (Å²) in [5, 5.41) is 3.12. The molecule has 3 rings (SSSR count). The Morgan fingerprint density at radius 3 is 2.56 bits per heavy atom. The van der Waals surface area contributed by atoms with Crippen LogP contribution in [0.4, 0.5) is 14.5 Å². The molecule has 1 aromatic heterocycles. The van der Waals surface area contributed by atoms with Crippen LogP contribution in [0, 0.1) is 11.6 Å². The van der Waals surface area contributed by atoms with Crippen molar-refractivity contribution in [1.29, 1.82) is 0 Å². The zero-order valence-corrected chi connectivity index (χ0v) is 15.2. The quantitative estimate of drug-likeness (QED) is 0.677. The maximum Gasteiger partial charge on any atom is 0.257 e. The number of carbonyl (C=O) groups excluding carboxylic acids is 1. The number of aromatic nitrogens is 1. The van der Waals surface area contributed by atoms with Crippen molar-refractivity contribution in [3.63, 3.8) is 0 Å². The van der Waals surface area contributed by atoms with Gasteiger partial charge in [0.1, 0.15) is 11.6 Å². The molecule has 0 saturated carbocycles. The number of nitrogens with one attached hydrogen (secondary N) is 1. The number of rotatable bonds is 4. The molecule has 0 radical (unpaired) electrons.